The summed E-state index contributed by atoms with van der Waals surface area (Å²) in [4.78, 5) is 30.9. The van der Waals surface area contributed by atoms with Gasteiger partial charge in [-0.05, 0) is 39.3 Å². The second-order valence-corrected chi connectivity index (χ2v) is 9.36. The molecular weight excluding hydrogens is 645 g/mol. The van der Waals surface area contributed by atoms with Gasteiger partial charge in [0.1, 0.15) is 21.4 Å². The van der Waals surface area contributed by atoms with Gasteiger partial charge in [-0.25, -0.2) is 28.9 Å². The molecular formula is C26H22Cl2F6N6O4. The van der Waals surface area contributed by atoms with Gasteiger partial charge in [0.2, 0.25) is 0 Å². The third kappa shape index (κ3) is 7.48. The first-order valence-corrected chi connectivity index (χ1v) is 13.2. The average molecular weight is 667 g/mol. The number of aromatic nitrogens is 6. The topological polar surface area (TPSA) is 114 Å². The highest BCUT2D eigenvalue weighted by Gasteiger charge is 2.42. The Balaban J connectivity index is 0.000000240. The molecule has 0 spiro atoms. The lowest BCUT2D eigenvalue weighted by atomic mass is 10.2. The molecule has 4 aromatic rings. The van der Waals surface area contributed by atoms with E-state index in [0.717, 1.165) is 12.4 Å². The monoisotopic (exact) mass is 666 g/mol. The molecule has 4 heterocycles. The summed E-state index contributed by atoms with van der Waals surface area (Å²) < 4.78 is 90.6. The molecule has 0 radical (unpaired) electrons. The maximum absolute atomic E-state index is 13.3. The molecule has 44 heavy (non-hydrogen) atoms. The molecule has 4 aromatic heterocycles. The molecule has 0 atom stereocenters. The Morgan fingerprint density at radius 3 is 1.73 bits per heavy atom. The van der Waals surface area contributed by atoms with Gasteiger partial charge in [0.25, 0.3) is 0 Å². The van der Waals surface area contributed by atoms with Crippen LogP contribution >= 0.6 is 23.2 Å². The number of carbonyl (C=O) groups excluding carboxylic acids is 2. The molecule has 0 aliphatic heterocycles. The highest BCUT2D eigenvalue weighted by atomic mass is 35.5. The van der Waals surface area contributed by atoms with Gasteiger partial charge in [-0.15, -0.1) is 0 Å². The Bertz CT molecular complexity index is 1600. The highest BCUT2D eigenvalue weighted by Crippen LogP contribution is 2.36. The molecule has 18 heteroatoms. The Hall–Kier alpha value is -4.18. The number of esters is 2. The Morgan fingerprint density at radius 1 is 0.795 bits per heavy atom. The second kappa shape index (κ2) is 13.6. The van der Waals surface area contributed by atoms with Gasteiger partial charge in [-0.3, -0.25) is 0 Å². The van der Waals surface area contributed by atoms with Crippen LogP contribution in [-0.2, 0) is 21.8 Å². The number of alkyl halides is 6. The molecule has 0 saturated carbocycles. The predicted octanol–water partition coefficient (Wildman–Crippen LogP) is 6.85. The minimum atomic E-state index is -4.79. The Kier molecular flexibility index (Phi) is 10.6. The van der Waals surface area contributed by atoms with E-state index >= 15 is 0 Å². The number of nitrogens with zero attached hydrogens (tertiary/aromatic N) is 6. The summed E-state index contributed by atoms with van der Waals surface area (Å²) in [7, 11) is 0. The standard InChI is InChI=1S/2C13H11ClF3N3O2/c1-3-22-12(21)8-6-19-20(11(8)13(15,16)17)9-4-10(14)18-5-7(9)2;1-3-22-12(21)8-6-19-20(10(8)13(15,16)17)9-4-5-18-11(14)7(9)2/h2*4-6H,3H2,1-2H3. The van der Waals surface area contributed by atoms with E-state index in [-0.39, 0.29) is 34.9 Å². The Labute approximate surface area is 255 Å². The van der Waals surface area contributed by atoms with Crippen LogP contribution < -0.4 is 0 Å². The summed E-state index contributed by atoms with van der Waals surface area (Å²) in [5.74, 6) is -2.17. The fraction of sp³-hybridized carbons (Fsp3) is 0.308. The third-order valence-corrected chi connectivity index (χ3v) is 6.27. The summed E-state index contributed by atoms with van der Waals surface area (Å²) in [5.41, 5.74) is -2.82. The quantitative estimate of drug-likeness (QED) is 0.125. The fourth-order valence-corrected chi connectivity index (χ4v) is 4.08. The number of pyridine rings is 2. The number of rotatable bonds is 6. The van der Waals surface area contributed by atoms with E-state index in [4.69, 9.17) is 23.2 Å². The first-order valence-electron chi connectivity index (χ1n) is 12.4. The van der Waals surface area contributed by atoms with Crippen molar-refractivity contribution in [3.05, 3.63) is 80.9 Å². The van der Waals surface area contributed by atoms with Crippen molar-refractivity contribution >= 4 is 35.1 Å². The Morgan fingerprint density at radius 2 is 1.27 bits per heavy atom. The third-order valence-electron chi connectivity index (χ3n) is 5.68. The molecule has 0 unspecified atom stereocenters. The lowest BCUT2D eigenvalue weighted by molar-refractivity contribution is -0.144. The minimum Gasteiger partial charge on any atom is -0.462 e. The van der Waals surface area contributed by atoms with Crippen molar-refractivity contribution in [3.8, 4) is 11.4 Å². The maximum Gasteiger partial charge on any atom is 0.434 e. The lowest BCUT2D eigenvalue weighted by Gasteiger charge is -2.14. The van der Waals surface area contributed by atoms with Crippen LogP contribution in [0.5, 0.6) is 0 Å². The van der Waals surface area contributed by atoms with Crippen molar-refractivity contribution in [3.63, 3.8) is 0 Å². The molecule has 0 saturated heterocycles. The smallest absolute Gasteiger partial charge is 0.434 e. The number of hydrogen-bond donors (Lipinski definition) is 0. The van der Waals surface area contributed by atoms with Crippen molar-refractivity contribution in [1.82, 2.24) is 29.5 Å². The molecule has 4 rings (SSSR count). The molecule has 0 aliphatic carbocycles. The zero-order valence-electron chi connectivity index (χ0n) is 23.2. The summed E-state index contributed by atoms with van der Waals surface area (Å²) >= 11 is 11.6. The number of halogens is 8. The minimum absolute atomic E-state index is 0.0157. The normalized spacial score (nSPS) is 11.5. The molecule has 0 bridgehead atoms. The zero-order chi connectivity index (χ0) is 33.0. The van der Waals surface area contributed by atoms with E-state index in [1.165, 1.54) is 45.3 Å². The fourth-order valence-electron chi connectivity index (χ4n) is 3.77. The van der Waals surface area contributed by atoms with Crippen LogP contribution in [0.15, 0.2) is 36.9 Å². The first kappa shape index (κ1) is 34.3. The van der Waals surface area contributed by atoms with E-state index in [2.05, 4.69) is 29.6 Å². The molecule has 0 amide bonds. The van der Waals surface area contributed by atoms with Crippen LogP contribution in [0.4, 0.5) is 26.3 Å². The van der Waals surface area contributed by atoms with Crippen LogP contribution in [0, 0.1) is 13.8 Å². The van der Waals surface area contributed by atoms with Gasteiger partial charge in [0.15, 0.2) is 11.4 Å². The average Bonchev–Trinajstić information content (AvgIpc) is 3.58. The van der Waals surface area contributed by atoms with Crippen molar-refractivity contribution < 1.29 is 45.4 Å². The summed E-state index contributed by atoms with van der Waals surface area (Å²) in [6.07, 6.45) is -5.34. The van der Waals surface area contributed by atoms with Crippen molar-refractivity contribution in [1.29, 1.82) is 0 Å². The molecule has 0 aromatic carbocycles. The van der Waals surface area contributed by atoms with Crippen LogP contribution in [0.25, 0.3) is 11.4 Å². The van der Waals surface area contributed by atoms with Crippen LogP contribution in [0.2, 0.25) is 10.3 Å². The SMILES string of the molecule is CCOC(=O)c1cnn(-c2cc(Cl)ncc2C)c1C(F)(F)F.CCOC(=O)c1cnn(-c2ccnc(Cl)c2C)c1C(F)(F)F. The van der Waals surface area contributed by atoms with Crippen molar-refractivity contribution in [2.45, 2.75) is 40.0 Å². The second-order valence-electron chi connectivity index (χ2n) is 8.61. The summed E-state index contributed by atoms with van der Waals surface area (Å²) in [5, 5.41) is 7.41. The van der Waals surface area contributed by atoms with Crippen LogP contribution in [0.1, 0.15) is 57.1 Å². The van der Waals surface area contributed by atoms with Gasteiger partial charge in [-0.2, -0.15) is 36.5 Å². The van der Waals surface area contributed by atoms with E-state index < -0.39 is 46.8 Å². The van der Waals surface area contributed by atoms with Crippen molar-refractivity contribution in [2.75, 3.05) is 13.2 Å². The van der Waals surface area contributed by atoms with E-state index in [0.29, 0.717) is 20.5 Å². The van der Waals surface area contributed by atoms with Gasteiger partial charge in [-0.1, -0.05) is 23.2 Å². The van der Waals surface area contributed by atoms with Crippen molar-refractivity contribution in [2.24, 2.45) is 0 Å². The van der Waals surface area contributed by atoms with Crippen LogP contribution in [0.3, 0.4) is 0 Å². The van der Waals surface area contributed by atoms with Crippen LogP contribution in [-0.4, -0.2) is 54.7 Å². The van der Waals surface area contributed by atoms with E-state index in [1.807, 2.05) is 0 Å². The molecule has 0 N–H and O–H groups in total. The summed E-state index contributed by atoms with van der Waals surface area (Å²) in [6.45, 7) is 5.99. The number of hydrogen-bond acceptors (Lipinski definition) is 8. The maximum atomic E-state index is 13.3. The molecule has 236 valence electrons. The summed E-state index contributed by atoms with van der Waals surface area (Å²) in [6, 6.07) is 2.58. The zero-order valence-corrected chi connectivity index (χ0v) is 24.7. The molecule has 0 aliphatic rings. The first-order chi connectivity index (χ1) is 20.5. The largest absolute Gasteiger partial charge is 0.462 e. The predicted molar refractivity (Wildman–Crippen MR) is 144 cm³/mol. The van der Waals surface area contributed by atoms with Gasteiger partial charge in [0, 0.05) is 24.0 Å². The van der Waals surface area contributed by atoms with E-state index in [1.54, 1.807) is 6.92 Å². The number of carbonyl (C=O) groups is 2. The lowest BCUT2D eigenvalue weighted by Crippen LogP contribution is -2.19. The molecule has 0 fully saturated rings. The number of aryl methyl sites for hydroxylation is 1. The van der Waals surface area contributed by atoms with Gasteiger partial charge < -0.3 is 9.47 Å². The number of ether oxygens (including phenoxy) is 2. The molecule has 10 nitrogen and oxygen atoms in total. The highest BCUT2D eigenvalue weighted by molar-refractivity contribution is 6.30. The van der Waals surface area contributed by atoms with Gasteiger partial charge in [0.05, 0.1) is 37.0 Å². The van der Waals surface area contributed by atoms with E-state index in [9.17, 15) is 35.9 Å². The van der Waals surface area contributed by atoms with Gasteiger partial charge >= 0.3 is 24.3 Å².